The number of aryl methyl sites for hydroxylation is 1. The number of benzene rings is 4. The van der Waals surface area contributed by atoms with Crippen LogP contribution in [0.3, 0.4) is 0 Å². The molecule has 222 valence electrons. The summed E-state index contributed by atoms with van der Waals surface area (Å²) in [6.45, 7) is 1.84. The Labute approximate surface area is 260 Å². The van der Waals surface area contributed by atoms with Crippen molar-refractivity contribution in [2.45, 2.75) is 12.2 Å². The van der Waals surface area contributed by atoms with Gasteiger partial charge in [0.25, 0.3) is 0 Å². The molecule has 44 heavy (non-hydrogen) atoms. The molecule has 8 nitrogen and oxygen atoms in total. The molecule has 0 radical (unpaired) electrons. The number of carbonyl (C=O) groups excluding carboxylic acids is 2. The quantitative estimate of drug-likeness (QED) is 0.213. The van der Waals surface area contributed by atoms with Gasteiger partial charge in [0.1, 0.15) is 12.4 Å². The van der Waals surface area contributed by atoms with Crippen molar-refractivity contribution in [1.82, 2.24) is 9.78 Å². The fraction of sp³-hybridized carbons (Fsp3) is 0.171. The van der Waals surface area contributed by atoms with Crippen LogP contribution in [0.5, 0.6) is 11.5 Å². The topological polar surface area (TPSA) is 85.7 Å². The minimum atomic E-state index is -0.302. The van der Waals surface area contributed by atoms with Gasteiger partial charge < -0.3 is 14.8 Å². The number of hydrogen-bond acceptors (Lipinski definition) is 6. The number of thioether (sulfide) groups is 1. The van der Waals surface area contributed by atoms with E-state index in [1.165, 1.54) is 11.8 Å². The SMILES string of the molecule is COc1ccc(C2SCC(=O)N(CC(=O)Nc3ccccc3)c3c2c(-c2ccccc2)nn3-c2cccc(C)c2)cc1OC. The lowest BCUT2D eigenvalue weighted by atomic mass is 9.99. The average Bonchev–Trinajstić information content (AvgIpc) is 3.38. The van der Waals surface area contributed by atoms with Crippen LogP contribution in [-0.4, -0.2) is 48.1 Å². The maximum atomic E-state index is 14.0. The Morgan fingerprint density at radius 2 is 1.64 bits per heavy atom. The van der Waals surface area contributed by atoms with Crippen LogP contribution in [0.4, 0.5) is 11.5 Å². The van der Waals surface area contributed by atoms with Gasteiger partial charge in [0.2, 0.25) is 11.8 Å². The molecule has 2 amide bonds. The van der Waals surface area contributed by atoms with Crippen molar-refractivity contribution in [3.8, 4) is 28.4 Å². The van der Waals surface area contributed by atoms with Crippen LogP contribution in [-0.2, 0) is 9.59 Å². The lowest BCUT2D eigenvalue weighted by Crippen LogP contribution is -2.40. The second kappa shape index (κ2) is 12.7. The first-order valence-electron chi connectivity index (χ1n) is 14.2. The molecule has 2 heterocycles. The number of anilines is 2. The lowest BCUT2D eigenvalue weighted by Gasteiger charge is -2.23. The molecule has 1 aliphatic heterocycles. The fourth-order valence-electron chi connectivity index (χ4n) is 5.41. The van der Waals surface area contributed by atoms with E-state index < -0.39 is 0 Å². The van der Waals surface area contributed by atoms with Crippen molar-refractivity contribution in [2.24, 2.45) is 0 Å². The first kappa shape index (κ1) is 29.1. The van der Waals surface area contributed by atoms with E-state index in [4.69, 9.17) is 14.6 Å². The molecule has 9 heteroatoms. The molecule has 0 saturated carbocycles. The Hall–Kier alpha value is -5.02. The Kier molecular flexibility index (Phi) is 8.38. The van der Waals surface area contributed by atoms with Crippen molar-refractivity contribution >= 4 is 35.1 Å². The minimum Gasteiger partial charge on any atom is -0.493 e. The average molecular weight is 605 g/mol. The third kappa shape index (κ3) is 5.78. The van der Waals surface area contributed by atoms with E-state index >= 15 is 0 Å². The number of aromatic nitrogens is 2. The molecule has 5 aromatic rings. The summed E-state index contributed by atoms with van der Waals surface area (Å²) in [5.74, 6) is 1.44. The number of carbonyl (C=O) groups is 2. The van der Waals surface area contributed by atoms with Crippen molar-refractivity contribution in [3.05, 3.63) is 120 Å². The van der Waals surface area contributed by atoms with Gasteiger partial charge in [-0.1, -0.05) is 66.7 Å². The zero-order valence-electron chi connectivity index (χ0n) is 24.7. The second-order valence-electron chi connectivity index (χ2n) is 10.4. The molecule has 6 rings (SSSR count). The van der Waals surface area contributed by atoms with E-state index in [-0.39, 0.29) is 29.4 Å². The number of methoxy groups -OCH3 is 2. The second-order valence-corrected chi connectivity index (χ2v) is 11.5. The van der Waals surface area contributed by atoms with Gasteiger partial charge in [-0.25, -0.2) is 4.68 Å². The van der Waals surface area contributed by atoms with E-state index in [1.807, 2.05) is 110 Å². The lowest BCUT2D eigenvalue weighted by molar-refractivity contribution is -0.120. The number of para-hydroxylation sites is 1. The van der Waals surface area contributed by atoms with Gasteiger partial charge in [0.05, 0.1) is 36.6 Å². The number of nitrogens with zero attached hydrogens (tertiary/aromatic N) is 3. The standard InChI is InChI=1S/C35H32N4O4S/c1-23-11-10-16-27(19-23)39-35-32(33(37-39)24-12-6-4-7-13-24)34(25-17-18-28(42-2)29(20-25)43-3)44-22-31(41)38(35)21-30(40)36-26-14-8-5-9-15-26/h4-20,34H,21-22H2,1-3H3,(H,36,40). The van der Waals surface area contributed by atoms with Crippen molar-refractivity contribution in [1.29, 1.82) is 0 Å². The molecule has 0 fully saturated rings. The summed E-state index contributed by atoms with van der Waals surface area (Å²) < 4.78 is 13.0. The maximum absolute atomic E-state index is 14.0. The molecule has 1 unspecified atom stereocenters. The first-order chi connectivity index (χ1) is 21.5. The summed E-state index contributed by atoms with van der Waals surface area (Å²) in [6.07, 6.45) is 0. The van der Waals surface area contributed by atoms with Crippen LogP contribution in [0.15, 0.2) is 103 Å². The monoisotopic (exact) mass is 604 g/mol. The predicted octanol–water partition coefficient (Wildman–Crippen LogP) is 6.67. The number of nitrogens with one attached hydrogen (secondary N) is 1. The smallest absolute Gasteiger partial charge is 0.244 e. The van der Waals surface area contributed by atoms with E-state index in [2.05, 4.69) is 5.32 Å². The summed E-state index contributed by atoms with van der Waals surface area (Å²) in [6, 6.07) is 32.9. The Bertz CT molecular complexity index is 1810. The molecule has 1 aromatic heterocycles. The summed E-state index contributed by atoms with van der Waals surface area (Å²) in [5.41, 5.74) is 5.91. The number of ether oxygens (including phenoxy) is 2. The van der Waals surface area contributed by atoms with Gasteiger partial charge in [0, 0.05) is 16.8 Å². The van der Waals surface area contributed by atoms with Gasteiger partial charge in [-0.2, -0.15) is 5.10 Å². The van der Waals surface area contributed by atoms with E-state index in [9.17, 15) is 9.59 Å². The van der Waals surface area contributed by atoms with Crippen LogP contribution in [0.25, 0.3) is 16.9 Å². The van der Waals surface area contributed by atoms with Crippen molar-refractivity contribution in [3.63, 3.8) is 0 Å². The summed E-state index contributed by atoms with van der Waals surface area (Å²) in [7, 11) is 3.21. The molecule has 0 saturated heterocycles. The summed E-state index contributed by atoms with van der Waals surface area (Å²) in [4.78, 5) is 29.0. The van der Waals surface area contributed by atoms with E-state index in [0.29, 0.717) is 23.0 Å². The zero-order valence-corrected chi connectivity index (χ0v) is 25.5. The maximum Gasteiger partial charge on any atom is 0.244 e. The number of hydrogen-bond donors (Lipinski definition) is 1. The highest BCUT2D eigenvalue weighted by atomic mass is 32.2. The fourth-order valence-corrected chi connectivity index (χ4v) is 6.60. The van der Waals surface area contributed by atoms with Crippen LogP contribution < -0.4 is 19.7 Å². The van der Waals surface area contributed by atoms with Gasteiger partial charge >= 0.3 is 0 Å². The molecule has 0 aliphatic carbocycles. The van der Waals surface area contributed by atoms with Gasteiger partial charge in [-0.3, -0.25) is 14.5 Å². The number of fused-ring (bicyclic) bond motifs is 1. The molecule has 0 spiro atoms. The van der Waals surface area contributed by atoms with Gasteiger partial charge in [0.15, 0.2) is 11.5 Å². The minimum absolute atomic E-state index is 0.161. The van der Waals surface area contributed by atoms with Crippen molar-refractivity contribution in [2.75, 3.05) is 36.7 Å². The Balaban J connectivity index is 1.58. The summed E-state index contributed by atoms with van der Waals surface area (Å²) >= 11 is 1.50. The molecule has 4 aromatic carbocycles. The van der Waals surface area contributed by atoms with Crippen LogP contribution >= 0.6 is 11.8 Å². The van der Waals surface area contributed by atoms with Gasteiger partial charge in [-0.05, 0) is 54.4 Å². The highest BCUT2D eigenvalue weighted by Gasteiger charge is 2.38. The zero-order chi connectivity index (χ0) is 30.6. The van der Waals surface area contributed by atoms with Crippen molar-refractivity contribution < 1.29 is 19.1 Å². The highest BCUT2D eigenvalue weighted by molar-refractivity contribution is 8.00. The normalized spacial score (nSPS) is 14.5. The third-order valence-corrected chi connectivity index (χ3v) is 8.71. The first-order valence-corrected chi connectivity index (χ1v) is 15.3. The third-order valence-electron chi connectivity index (χ3n) is 7.45. The summed E-state index contributed by atoms with van der Waals surface area (Å²) in [5, 5.41) is 7.80. The number of rotatable bonds is 8. The molecule has 1 N–H and O–H groups in total. The largest absolute Gasteiger partial charge is 0.493 e. The Morgan fingerprint density at radius 1 is 0.909 bits per heavy atom. The van der Waals surface area contributed by atoms with Crippen LogP contribution in [0, 0.1) is 6.92 Å². The Morgan fingerprint density at radius 3 is 2.34 bits per heavy atom. The van der Waals surface area contributed by atoms with Crippen LogP contribution in [0.1, 0.15) is 21.9 Å². The van der Waals surface area contributed by atoms with E-state index in [1.54, 1.807) is 23.8 Å². The molecular formula is C35H32N4O4S. The predicted molar refractivity (Wildman–Crippen MR) is 175 cm³/mol. The molecule has 1 aliphatic rings. The van der Waals surface area contributed by atoms with Crippen LogP contribution in [0.2, 0.25) is 0 Å². The van der Waals surface area contributed by atoms with E-state index in [0.717, 1.165) is 33.6 Å². The molecule has 1 atom stereocenters. The molecular weight excluding hydrogens is 572 g/mol. The van der Waals surface area contributed by atoms with Gasteiger partial charge in [-0.15, -0.1) is 11.8 Å². The number of amides is 2. The molecule has 0 bridgehead atoms. The highest BCUT2D eigenvalue weighted by Crippen LogP contribution is 2.49.